The lowest BCUT2D eigenvalue weighted by Crippen LogP contribution is -2.31. The zero-order chi connectivity index (χ0) is 24.9. The van der Waals surface area contributed by atoms with Crippen molar-refractivity contribution >= 4 is 32.7 Å². The number of fused-ring (bicyclic) bond motifs is 8. The SMILES string of the molecule is Cc1ccc2c(c1)C(C)(C)c1c-2ccc2c(-c3c(C)c(C)cc4c3oc3ccccc34)[n+](C)ccc12. The molecule has 2 heterocycles. The van der Waals surface area contributed by atoms with Crippen molar-refractivity contribution in [1.82, 2.24) is 0 Å². The van der Waals surface area contributed by atoms with Gasteiger partial charge in [-0.3, -0.25) is 0 Å². The lowest BCUT2D eigenvalue weighted by Gasteiger charge is -2.23. The van der Waals surface area contributed by atoms with Gasteiger partial charge in [-0.25, -0.2) is 4.57 Å². The van der Waals surface area contributed by atoms with E-state index in [-0.39, 0.29) is 5.41 Å². The van der Waals surface area contributed by atoms with Crippen LogP contribution >= 0.6 is 0 Å². The van der Waals surface area contributed by atoms with Gasteiger partial charge in [0, 0.05) is 22.3 Å². The van der Waals surface area contributed by atoms with Crippen molar-refractivity contribution in [2.24, 2.45) is 7.05 Å². The quantitative estimate of drug-likeness (QED) is 0.221. The monoisotopic (exact) mass is 468 g/mol. The van der Waals surface area contributed by atoms with Crippen LogP contribution in [0.4, 0.5) is 0 Å². The van der Waals surface area contributed by atoms with E-state index in [2.05, 4.69) is 113 Å². The lowest BCUT2D eigenvalue weighted by atomic mass is 9.79. The Hall–Kier alpha value is -3.91. The largest absolute Gasteiger partial charge is 0.455 e. The molecule has 0 atom stereocenters. The molecular formula is C34H30NO+. The number of aryl methyl sites for hydroxylation is 3. The molecule has 0 fully saturated rings. The van der Waals surface area contributed by atoms with Gasteiger partial charge in [0.1, 0.15) is 18.2 Å². The maximum atomic E-state index is 6.56. The van der Waals surface area contributed by atoms with E-state index < -0.39 is 0 Å². The fraction of sp³-hybridized carbons (Fsp3) is 0.206. The number of hydrogen-bond donors (Lipinski definition) is 0. The smallest absolute Gasteiger partial charge is 0.224 e. The second kappa shape index (κ2) is 7.07. The molecule has 2 heteroatoms. The van der Waals surface area contributed by atoms with E-state index in [4.69, 9.17) is 4.42 Å². The summed E-state index contributed by atoms with van der Waals surface area (Å²) in [5, 5.41) is 4.95. The Morgan fingerprint density at radius 3 is 2.36 bits per heavy atom. The normalized spacial score (nSPS) is 14.1. The highest BCUT2D eigenvalue weighted by molar-refractivity contribution is 6.13. The van der Waals surface area contributed by atoms with Crippen LogP contribution in [0.5, 0.6) is 0 Å². The Bertz CT molecular complexity index is 1900. The third kappa shape index (κ3) is 2.65. The molecule has 0 radical (unpaired) electrons. The Morgan fingerprint density at radius 2 is 1.53 bits per heavy atom. The van der Waals surface area contributed by atoms with Crippen LogP contribution in [0.2, 0.25) is 0 Å². The average molecular weight is 469 g/mol. The molecule has 6 aromatic rings. The summed E-state index contributed by atoms with van der Waals surface area (Å²) in [5.74, 6) is 0. The van der Waals surface area contributed by atoms with Gasteiger partial charge < -0.3 is 4.42 Å². The molecule has 0 unspecified atom stereocenters. The molecule has 0 saturated carbocycles. The number of nitrogens with zero attached hydrogens (tertiary/aromatic N) is 1. The Kier molecular flexibility index (Phi) is 4.20. The van der Waals surface area contributed by atoms with Crippen LogP contribution in [0.1, 0.15) is 41.7 Å². The number of aromatic nitrogens is 1. The molecule has 36 heavy (non-hydrogen) atoms. The number of rotatable bonds is 1. The zero-order valence-corrected chi connectivity index (χ0v) is 21.8. The summed E-state index contributed by atoms with van der Waals surface area (Å²) < 4.78 is 8.83. The van der Waals surface area contributed by atoms with Gasteiger partial charge in [-0.2, -0.15) is 0 Å². The zero-order valence-electron chi connectivity index (χ0n) is 21.8. The molecule has 0 spiro atoms. The highest BCUT2D eigenvalue weighted by Gasteiger charge is 2.38. The molecule has 0 aliphatic heterocycles. The van der Waals surface area contributed by atoms with Gasteiger partial charge in [0.05, 0.1) is 10.9 Å². The Morgan fingerprint density at radius 1 is 0.750 bits per heavy atom. The van der Waals surface area contributed by atoms with Gasteiger partial charge in [-0.05, 0) is 77.7 Å². The molecule has 176 valence electrons. The van der Waals surface area contributed by atoms with Gasteiger partial charge in [-0.15, -0.1) is 0 Å². The summed E-state index contributed by atoms with van der Waals surface area (Å²) in [7, 11) is 2.15. The van der Waals surface area contributed by atoms with Crippen LogP contribution in [0.3, 0.4) is 0 Å². The van der Waals surface area contributed by atoms with E-state index in [1.54, 1.807) is 0 Å². The Labute approximate surface area is 211 Å². The minimum absolute atomic E-state index is 0.0658. The molecule has 2 nitrogen and oxygen atoms in total. The van der Waals surface area contributed by atoms with Crippen molar-refractivity contribution < 1.29 is 8.98 Å². The molecule has 0 saturated heterocycles. The predicted octanol–water partition coefficient (Wildman–Crippen LogP) is 8.46. The molecule has 2 aromatic heterocycles. The van der Waals surface area contributed by atoms with Gasteiger partial charge >= 0.3 is 0 Å². The van der Waals surface area contributed by atoms with Crippen molar-refractivity contribution in [1.29, 1.82) is 0 Å². The van der Waals surface area contributed by atoms with Gasteiger partial charge in [0.25, 0.3) is 0 Å². The van der Waals surface area contributed by atoms with Crippen molar-refractivity contribution in [2.75, 3.05) is 0 Å². The predicted molar refractivity (Wildman–Crippen MR) is 150 cm³/mol. The van der Waals surface area contributed by atoms with Crippen LogP contribution in [0, 0.1) is 20.8 Å². The van der Waals surface area contributed by atoms with Crippen LogP contribution in [0.15, 0.2) is 77.3 Å². The molecule has 0 amide bonds. The maximum absolute atomic E-state index is 6.56. The molecule has 0 bridgehead atoms. The molecule has 1 aliphatic rings. The number of furan rings is 1. The van der Waals surface area contributed by atoms with Crippen LogP contribution < -0.4 is 4.57 Å². The topological polar surface area (TPSA) is 17.0 Å². The summed E-state index contributed by atoms with van der Waals surface area (Å²) in [6, 6.07) is 24.5. The molecule has 4 aromatic carbocycles. The minimum atomic E-state index is -0.0658. The van der Waals surface area contributed by atoms with Gasteiger partial charge in [0.15, 0.2) is 6.20 Å². The number of benzene rings is 4. The van der Waals surface area contributed by atoms with Crippen molar-refractivity contribution in [3.05, 3.63) is 101 Å². The molecule has 0 N–H and O–H groups in total. The van der Waals surface area contributed by atoms with Crippen LogP contribution in [0.25, 0.3) is 55.1 Å². The van der Waals surface area contributed by atoms with E-state index in [0.717, 1.165) is 11.2 Å². The van der Waals surface area contributed by atoms with Crippen molar-refractivity contribution in [3.8, 4) is 22.4 Å². The summed E-state index contributed by atoms with van der Waals surface area (Å²) in [5.41, 5.74) is 13.7. The number of hydrogen-bond acceptors (Lipinski definition) is 1. The van der Waals surface area contributed by atoms with Gasteiger partial charge in [-0.1, -0.05) is 61.9 Å². The fourth-order valence-electron chi connectivity index (χ4n) is 6.58. The second-order valence-corrected chi connectivity index (χ2v) is 11.1. The fourth-order valence-corrected chi connectivity index (χ4v) is 6.58. The van der Waals surface area contributed by atoms with Crippen molar-refractivity contribution in [3.63, 3.8) is 0 Å². The third-order valence-electron chi connectivity index (χ3n) is 8.51. The highest BCUT2D eigenvalue weighted by atomic mass is 16.3. The number of para-hydroxylation sites is 1. The summed E-state index contributed by atoms with van der Waals surface area (Å²) in [6.07, 6.45) is 2.22. The second-order valence-electron chi connectivity index (χ2n) is 11.1. The summed E-state index contributed by atoms with van der Waals surface area (Å²) >= 11 is 0. The van der Waals surface area contributed by atoms with E-state index in [1.807, 2.05) is 6.07 Å². The lowest BCUT2D eigenvalue weighted by molar-refractivity contribution is -0.659. The Balaban J connectivity index is 1.62. The van der Waals surface area contributed by atoms with Crippen LogP contribution in [-0.4, -0.2) is 0 Å². The molecule has 1 aliphatic carbocycles. The third-order valence-corrected chi connectivity index (χ3v) is 8.51. The van der Waals surface area contributed by atoms with Crippen LogP contribution in [-0.2, 0) is 12.5 Å². The van der Waals surface area contributed by atoms with Crippen molar-refractivity contribution in [2.45, 2.75) is 40.0 Å². The van der Waals surface area contributed by atoms with E-state index in [9.17, 15) is 0 Å². The standard InChI is InChI=1S/C34H30NO/c1-19-11-12-22-24-13-14-26-25(31(24)34(4,5)28(22)17-19)15-16-35(6)32(26)30-21(3)20(2)18-27-23-9-7-8-10-29(23)36-33(27)30/h7-18H,1-6H3/q+1. The summed E-state index contributed by atoms with van der Waals surface area (Å²) in [4.78, 5) is 0. The number of pyridine rings is 1. The molecule has 7 rings (SSSR count). The highest BCUT2D eigenvalue weighted by Crippen LogP contribution is 2.52. The minimum Gasteiger partial charge on any atom is -0.455 e. The van der Waals surface area contributed by atoms with Gasteiger partial charge in [0.2, 0.25) is 5.69 Å². The first kappa shape index (κ1) is 21.4. The first-order valence-corrected chi connectivity index (χ1v) is 12.8. The maximum Gasteiger partial charge on any atom is 0.224 e. The van der Waals surface area contributed by atoms with E-state index >= 15 is 0 Å². The average Bonchev–Trinajstić information content (AvgIpc) is 3.33. The first-order valence-electron chi connectivity index (χ1n) is 12.8. The molecular weight excluding hydrogens is 438 g/mol. The van der Waals surface area contributed by atoms with E-state index in [1.165, 1.54) is 71.7 Å². The summed E-state index contributed by atoms with van der Waals surface area (Å²) in [6.45, 7) is 11.4. The first-order chi connectivity index (χ1) is 17.3. The van der Waals surface area contributed by atoms with E-state index in [0.29, 0.717) is 0 Å².